The van der Waals surface area contributed by atoms with E-state index in [-0.39, 0.29) is 17.3 Å². The fraction of sp³-hybridized carbons (Fsp3) is 0.571. The summed E-state index contributed by atoms with van der Waals surface area (Å²) in [4.78, 5) is 12.8. The van der Waals surface area contributed by atoms with Gasteiger partial charge >= 0.3 is 0 Å². The molecule has 1 fully saturated rings. The summed E-state index contributed by atoms with van der Waals surface area (Å²) >= 11 is 5.82. The summed E-state index contributed by atoms with van der Waals surface area (Å²) in [5.74, 6) is 0. The second-order valence-corrected chi connectivity index (χ2v) is 5.58. The van der Waals surface area contributed by atoms with Crippen LogP contribution in [0.1, 0.15) is 31.2 Å². The van der Waals surface area contributed by atoms with Crippen LogP contribution in [-0.4, -0.2) is 34.1 Å². The van der Waals surface area contributed by atoms with Crippen molar-refractivity contribution in [2.45, 2.75) is 38.3 Å². The molecule has 5 nitrogen and oxygen atoms in total. The van der Waals surface area contributed by atoms with E-state index < -0.39 is 4.92 Å². The predicted octanol–water partition coefficient (Wildman–Crippen LogP) is 2.99. The Bertz CT molecular complexity index is 481. The van der Waals surface area contributed by atoms with Gasteiger partial charge in [-0.25, -0.2) is 0 Å². The lowest BCUT2D eigenvalue weighted by Gasteiger charge is -2.24. The van der Waals surface area contributed by atoms with Crippen LogP contribution < -0.4 is 0 Å². The number of aliphatic hydroxyl groups is 1. The molecule has 0 aromatic heterocycles. The molecule has 1 aliphatic rings. The fourth-order valence-corrected chi connectivity index (χ4v) is 2.97. The van der Waals surface area contributed by atoms with Crippen LogP contribution in [0, 0.1) is 10.1 Å². The summed E-state index contributed by atoms with van der Waals surface area (Å²) < 4.78 is 0. The van der Waals surface area contributed by atoms with Crippen molar-refractivity contribution in [3.63, 3.8) is 0 Å². The van der Waals surface area contributed by atoms with Crippen LogP contribution >= 0.6 is 11.6 Å². The first-order valence-corrected chi connectivity index (χ1v) is 7.27. The van der Waals surface area contributed by atoms with Crippen molar-refractivity contribution in [3.8, 4) is 0 Å². The van der Waals surface area contributed by atoms with Gasteiger partial charge in [0.05, 0.1) is 4.92 Å². The van der Waals surface area contributed by atoms with E-state index in [2.05, 4.69) is 4.90 Å². The second-order valence-electron chi connectivity index (χ2n) is 5.18. The summed E-state index contributed by atoms with van der Waals surface area (Å²) in [7, 11) is 0. The van der Waals surface area contributed by atoms with Crippen molar-refractivity contribution in [2.24, 2.45) is 0 Å². The molecule has 1 unspecified atom stereocenters. The van der Waals surface area contributed by atoms with Gasteiger partial charge in [-0.05, 0) is 43.9 Å². The molecule has 1 heterocycles. The number of halogens is 1. The largest absolute Gasteiger partial charge is 0.396 e. The van der Waals surface area contributed by atoms with Gasteiger partial charge in [0, 0.05) is 25.3 Å². The molecule has 1 aromatic carbocycles. The third kappa shape index (κ3) is 3.69. The molecule has 0 saturated carbocycles. The predicted molar refractivity (Wildman–Crippen MR) is 77.9 cm³/mol. The Kier molecular flexibility index (Phi) is 5.34. The fourth-order valence-electron chi connectivity index (χ4n) is 2.79. The third-order valence-electron chi connectivity index (χ3n) is 3.79. The van der Waals surface area contributed by atoms with E-state index >= 15 is 0 Å². The summed E-state index contributed by atoms with van der Waals surface area (Å²) in [5, 5.41) is 20.0. The van der Waals surface area contributed by atoms with Crippen LogP contribution in [0.3, 0.4) is 0 Å². The van der Waals surface area contributed by atoms with Crippen LogP contribution in [0.2, 0.25) is 5.02 Å². The molecule has 6 heteroatoms. The maximum atomic E-state index is 10.9. The number of aliphatic hydroxyl groups excluding tert-OH is 1. The SMILES string of the molecule is O=[N+]([O-])c1cc(CN2CCCC2CCCO)ccc1Cl. The van der Waals surface area contributed by atoms with Gasteiger partial charge in [0.25, 0.3) is 5.69 Å². The molecule has 110 valence electrons. The van der Waals surface area contributed by atoms with Crippen molar-refractivity contribution in [1.82, 2.24) is 4.90 Å². The zero-order valence-electron chi connectivity index (χ0n) is 11.3. The number of nitro groups is 1. The lowest BCUT2D eigenvalue weighted by molar-refractivity contribution is -0.384. The minimum absolute atomic E-state index is 0.0322. The lowest BCUT2D eigenvalue weighted by atomic mass is 10.1. The molecule has 0 amide bonds. The number of rotatable bonds is 6. The Morgan fingerprint density at radius 2 is 2.30 bits per heavy atom. The quantitative estimate of drug-likeness (QED) is 0.647. The standard InChI is InChI=1S/C14H19ClN2O3/c15-13-6-5-11(9-14(13)17(19)20)10-16-7-1-3-12(16)4-2-8-18/h5-6,9,12,18H,1-4,7-8,10H2. The van der Waals surface area contributed by atoms with Crippen LogP contribution in [0.5, 0.6) is 0 Å². The first kappa shape index (κ1) is 15.2. The van der Waals surface area contributed by atoms with Crippen LogP contribution in [0.25, 0.3) is 0 Å². The summed E-state index contributed by atoms with van der Waals surface area (Å²) in [5.41, 5.74) is 0.882. The van der Waals surface area contributed by atoms with Crippen LogP contribution in [0.4, 0.5) is 5.69 Å². The zero-order valence-corrected chi connectivity index (χ0v) is 12.1. The van der Waals surface area contributed by atoms with Crippen molar-refractivity contribution in [1.29, 1.82) is 0 Å². The van der Waals surface area contributed by atoms with E-state index in [1.165, 1.54) is 0 Å². The third-order valence-corrected chi connectivity index (χ3v) is 4.11. The molecule has 1 aliphatic heterocycles. The Labute approximate surface area is 123 Å². The van der Waals surface area contributed by atoms with Crippen molar-refractivity contribution in [3.05, 3.63) is 38.9 Å². The minimum Gasteiger partial charge on any atom is -0.396 e. The normalized spacial score (nSPS) is 19.4. The van der Waals surface area contributed by atoms with Crippen molar-refractivity contribution >= 4 is 17.3 Å². The van der Waals surface area contributed by atoms with Gasteiger partial charge in [0.15, 0.2) is 0 Å². The highest BCUT2D eigenvalue weighted by Gasteiger charge is 2.24. The van der Waals surface area contributed by atoms with Gasteiger partial charge in [-0.1, -0.05) is 17.7 Å². The zero-order chi connectivity index (χ0) is 14.5. The number of nitrogens with zero attached hydrogens (tertiary/aromatic N) is 2. The van der Waals surface area contributed by atoms with E-state index in [1.807, 2.05) is 6.07 Å². The maximum Gasteiger partial charge on any atom is 0.288 e. The molecular weight excluding hydrogens is 280 g/mol. The summed E-state index contributed by atoms with van der Waals surface area (Å²) in [6.45, 7) is 1.93. The van der Waals surface area contributed by atoms with E-state index in [0.29, 0.717) is 12.6 Å². The maximum absolute atomic E-state index is 10.9. The van der Waals surface area contributed by atoms with Crippen LogP contribution in [0.15, 0.2) is 18.2 Å². The van der Waals surface area contributed by atoms with Gasteiger partial charge in [-0.2, -0.15) is 0 Å². The summed E-state index contributed by atoms with van der Waals surface area (Å²) in [6.07, 6.45) is 4.07. The Hall–Kier alpha value is -1.17. The van der Waals surface area contributed by atoms with E-state index in [1.54, 1.807) is 12.1 Å². The molecule has 0 radical (unpaired) electrons. The van der Waals surface area contributed by atoms with E-state index in [0.717, 1.165) is 37.8 Å². The molecule has 0 aliphatic carbocycles. The molecule has 0 spiro atoms. The highest BCUT2D eigenvalue weighted by Crippen LogP contribution is 2.28. The smallest absolute Gasteiger partial charge is 0.288 e. The molecule has 1 N–H and O–H groups in total. The van der Waals surface area contributed by atoms with Crippen molar-refractivity contribution in [2.75, 3.05) is 13.2 Å². The Balaban J connectivity index is 2.05. The first-order valence-electron chi connectivity index (χ1n) is 6.89. The number of likely N-dealkylation sites (tertiary alicyclic amines) is 1. The highest BCUT2D eigenvalue weighted by atomic mass is 35.5. The van der Waals surface area contributed by atoms with Crippen molar-refractivity contribution < 1.29 is 10.0 Å². The van der Waals surface area contributed by atoms with Gasteiger partial charge in [0.2, 0.25) is 0 Å². The summed E-state index contributed by atoms with van der Waals surface area (Å²) in [6, 6.07) is 5.46. The molecule has 1 atom stereocenters. The number of benzene rings is 1. The molecule has 1 aromatic rings. The Morgan fingerprint density at radius 3 is 3.00 bits per heavy atom. The molecule has 2 rings (SSSR count). The first-order chi connectivity index (χ1) is 9.61. The average molecular weight is 299 g/mol. The minimum atomic E-state index is -0.445. The average Bonchev–Trinajstić information content (AvgIpc) is 2.85. The molecule has 0 bridgehead atoms. The molecular formula is C14H19ClN2O3. The number of hydrogen-bond acceptors (Lipinski definition) is 4. The van der Waals surface area contributed by atoms with E-state index in [4.69, 9.17) is 16.7 Å². The Morgan fingerprint density at radius 1 is 1.50 bits per heavy atom. The monoisotopic (exact) mass is 298 g/mol. The lowest BCUT2D eigenvalue weighted by Crippen LogP contribution is -2.29. The highest BCUT2D eigenvalue weighted by molar-refractivity contribution is 6.32. The van der Waals surface area contributed by atoms with Crippen LogP contribution in [-0.2, 0) is 6.54 Å². The topological polar surface area (TPSA) is 66.6 Å². The van der Waals surface area contributed by atoms with Gasteiger partial charge in [-0.15, -0.1) is 0 Å². The van der Waals surface area contributed by atoms with Gasteiger partial charge < -0.3 is 5.11 Å². The molecule has 1 saturated heterocycles. The van der Waals surface area contributed by atoms with Gasteiger partial charge in [-0.3, -0.25) is 15.0 Å². The van der Waals surface area contributed by atoms with Gasteiger partial charge in [0.1, 0.15) is 5.02 Å². The van der Waals surface area contributed by atoms with E-state index in [9.17, 15) is 10.1 Å². The number of nitro benzene ring substituents is 1. The molecule has 20 heavy (non-hydrogen) atoms. The number of hydrogen-bond donors (Lipinski definition) is 1. The second kappa shape index (κ2) is 7.02.